The molecule has 0 radical (unpaired) electrons. The molecule has 0 amide bonds. The van der Waals surface area contributed by atoms with Gasteiger partial charge in [-0.05, 0) is 6.42 Å². The van der Waals surface area contributed by atoms with E-state index in [1.54, 1.807) is 0 Å². The molecule has 0 fully saturated rings. The molecule has 0 saturated carbocycles. The fourth-order valence-corrected chi connectivity index (χ4v) is 0.519. The third-order valence-corrected chi connectivity index (χ3v) is 1.15. The molecule has 0 heterocycles. The van der Waals surface area contributed by atoms with Crippen molar-refractivity contribution in [3.8, 4) is 0 Å². The molecule has 5 N–H and O–H groups in total. The first-order valence-electron chi connectivity index (χ1n) is 3.44. The van der Waals surface area contributed by atoms with E-state index in [0.717, 1.165) is 0 Å². The molecule has 0 aliphatic rings. The largest absolute Gasteiger partial charge is 0.480 e. The van der Waals surface area contributed by atoms with Gasteiger partial charge in [-0.25, -0.2) is 0 Å². The van der Waals surface area contributed by atoms with Gasteiger partial charge in [0.05, 0.1) is 6.61 Å². The Hall–Kier alpha value is -0.0700. The normalized spacial score (nSPS) is 10.9. The van der Waals surface area contributed by atoms with Gasteiger partial charge in [-0.15, -0.1) is 24.8 Å². The van der Waals surface area contributed by atoms with Gasteiger partial charge < -0.3 is 21.3 Å². The summed E-state index contributed by atoms with van der Waals surface area (Å²) in [7, 11) is 0. The van der Waals surface area contributed by atoms with Crippen LogP contribution in [0.5, 0.6) is 0 Å². The summed E-state index contributed by atoms with van der Waals surface area (Å²) in [6.45, 7) is 1.25. The molecule has 0 saturated heterocycles. The maximum absolute atomic E-state index is 10.2. The highest BCUT2D eigenvalue weighted by molar-refractivity contribution is 5.85. The minimum atomic E-state index is -0.999. The quantitative estimate of drug-likeness (QED) is 0.544. The smallest absolute Gasteiger partial charge is 0.320 e. The average Bonchev–Trinajstić information content (AvgIpc) is 1.97. The Balaban J connectivity index is -0.000000500. The molecule has 13 heavy (non-hydrogen) atoms. The van der Waals surface area contributed by atoms with Gasteiger partial charge in [0.15, 0.2) is 0 Å². The van der Waals surface area contributed by atoms with Crippen molar-refractivity contribution in [1.29, 1.82) is 0 Å². The van der Waals surface area contributed by atoms with E-state index in [-0.39, 0.29) is 24.8 Å². The lowest BCUT2D eigenvalue weighted by Crippen LogP contribution is -2.31. The molecule has 1 atom stereocenters. The van der Waals surface area contributed by atoms with Crippen LogP contribution in [0.25, 0.3) is 0 Å². The molecule has 0 aromatic heterocycles. The number of nitrogens with two attached hydrogens (primary N) is 2. The van der Waals surface area contributed by atoms with Crippen molar-refractivity contribution in [2.24, 2.45) is 11.5 Å². The van der Waals surface area contributed by atoms with Gasteiger partial charge in [0.1, 0.15) is 6.04 Å². The number of carboxylic acid groups (broad SMARTS) is 1. The predicted octanol–water partition coefficient (Wildman–Crippen LogP) is -0.393. The van der Waals surface area contributed by atoms with Crippen LogP contribution in [-0.2, 0) is 9.53 Å². The van der Waals surface area contributed by atoms with E-state index in [1.165, 1.54) is 0 Å². The van der Waals surface area contributed by atoms with Crippen molar-refractivity contribution in [2.45, 2.75) is 12.5 Å². The second kappa shape index (κ2) is 11.9. The summed E-state index contributed by atoms with van der Waals surface area (Å²) in [4.78, 5) is 10.2. The number of aliphatic carboxylic acids is 1. The molecule has 0 aromatic carbocycles. The van der Waals surface area contributed by atoms with Crippen molar-refractivity contribution in [3.05, 3.63) is 0 Å². The minimum Gasteiger partial charge on any atom is -0.480 e. The summed E-state index contributed by atoms with van der Waals surface area (Å²) in [5.41, 5.74) is 10.3. The summed E-state index contributed by atoms with van der Waals surface area (Å²) in [6.07, 6.45) is 0.329. The molecular formula is C6H16Cl2N2O3. The molecule has 82 valence electrons. The molecular weight excluding hydrogens is 219 g/mol. The highest BCUT2D eigenvalue weighted by atomic mass is 35.5. The monoisotopic (exact) mass is 234 g/mol. The minimum absolute atomic E-state index is 0. The fraction of sp³-hybridized carbons (Fsp3) is 0.833. The van der Waals surface area contributed by atoms with Crippen LogP contribution in [0, 0.1) is 0 Å². The Kier molecular flexibility index (Phi) is 17.1. The van der Waals surface area contributed by atoms with Gasteiger partial charge in [0.2, 0.25) is 0 Å². The Bertz CT molecular complexity index is 126. The Morgan fingerprint density at radius 3 is 2.31 bits per heavy atom. The third kappa shape index (κ3) is 11.9. The van der Waals surface area contributed by atoms with Gasteiger partial charge in [-0.3, -0.25) is 4.79 Å². The third-order valence-electron chi connectivity index (χ3n) is 1.15. The lowest BCUT2D eigenvalue weighted by Gasteiger charge is -2.05. The van der Waals surface area contributed by atoms with Crippen LogP contribution in [0.4, 0.5) is 0 Å². The molecule has 0 rings (SSSR count). The summed E-state index contributed by atoms with van der Waals surface area (Å²) in [6, 6.07) is -0.826. The van der Waals surface area contributed by atoms with Crippen molar-refractivity contribution in [1.82, 2.24) is 0 Å². The van der Waals surface area contributed by atoms with Gasteiger partial charge in [0.25, 0.3) is 0 Å². The molecule has 7 heteroatoms. The number of halogens is 2. The van der Waals surface area contributed by atoms with Crippen molar-refractivity contribution in [3.63, 3.8) is 0 Å². The first-order chi connectivity index (χ1) is 5.18. The summed E-state index contributed by atoms with van der Waals surface area (Å²) >= 11 is 0. The first kappa shape index (κ1) is 18.7. The SMILES string of the molecule is Cl.Cl.NCCOCCC(N)C(=O)O. The van der Waals surface area contributed by atoms with E-state index < -0.39 is 12.0 Å². The highest BCUT2D eigenvalue weighted by Gasteiger charge is 2.09. The van der Waals surface area contributed by atoms with Crippen LogP contribution in [0.15, 0.2) is 0 Å². The summed E-state index contributed by atoms with van der Waals surface area (Å²) in [5.74, 6) is -0.999. The predicted molar refractivity (Wildman–Crippen MR) is 54.6 cm³/mol. The van der Waals surface area contributed by atoms with Crippen molar-refractivity contribution < 1.29 is 14.6 Å². The molecule has 0 aliphatic carbocycles. The van der Waals surface area contributed by atoms with Crippen LogP contribution in [0.3, 0.4) is 0 Å². The van der Waals surface area contributed by atoms with Gasteiger partial charge in [-0.2, -0.15) is 0 Å². The topological polar surface area (TPSA) is 98.6 Å². The number of carbonyl (C=O) groups is 1. The van der Waals surface area contributed by atoms with Gasteiger partial charge in [0, 0.05) is 13.2 Å². The Morgan fingerprint density at radius 2 is 1.92 bits per heavy atom. The lowest BCUT2D eigenvalue weighted by atomic mass is 10.2. The Labute approximate surface area is 89.6 Å². The zero-order valence-electron chi connectivity index (χ0n) is 7.14. The van der Waals surface area contributed by atoms with E-state index in [1.807, 2.05) is 0 Å². The van der Waals surface area contributed by atoms with E-state index in [4.69, 9.17) is 21.3 Å². The number of carboxylic acids is 1. The number of hydrogen-bond acceptors (Lipinski definition) is 4. The molecule has 0 spiro atoms. The Morgan fingerprint density at radius 1 is 1.38 bits per heavy atom. The van der Waals surface area contributed by atoms with E-state index in [2.05, 4.69) is 0 Å². The van der Waals surface area contributed by atoms with Crippen LogP contribution in [0.2, 0.25) is 0 Å². The summed E-state index contributed by atoms with van der Waals surface area (Å²) in [5, 5.41) is 8.33. The highest BCUT2D eigenvalue weighted by Crippen LogP contribution is 1.88. The van der Waals surface area contributed by atoms with Crippen LogP contribution in [-0.4, -0.2) is 36.9 Å². The van der Waals surface area contributed by atoms with Crippen LogP contribution in [0.1, 0.15) is 6.42 Å². The maximum atomic E-state index is 10.2. The lowest BCUT2D eigenvalue weighted by molar-refractivity contribution is -0.139. The zero-order chi connectivity index (χ0) is 8.69. The van der Waals surface area contributed by atoms with Crippen molar-refractivity contribution in [2.75, 3.05) is 19.8 Å². The zero-order valence-corrected chi connectivity index (χ0v) is 8.77. The molecule has 0 aromatic rings. The second-order valence-electron chi connectivity index (χ2n) is 2.13. The van der Waals surface area contributed by atoms with Gasteiger partial charge >= 0.3 is 5.97 Å². The molecule has 0 aliphatic heterocycles. The second-order valence-corrected chi connectivity index (χ2v) is 2.13. The van der Waals surface area contributed by atoms with E-state index in [0.29, 0.717) is 26.2 Å². The number of hydrogen-bond donors (Lipinski definition) is 3. The average molecular weight is 235 g/mol. The van der Waals surface area contributed by atoms with Crippen LogP contribution >= 0.6 is 24.8 Å². The molecule has 1 unspecified atom stereocenters. The van der Waals surface area contributed by atoms with E-state index in [9.17, 15) is 4.79 Å². The van der Waals surface area contributed by atoms with Gasteiger partial charge in [-0.1, -0.05) is 0 Å². The first-order valence-corrected chi connectivity index (χ1v) is 3.44. The number of rotatable bonds is 6. The molecule has 0 bridgehead atoms. The number of ether oxygens (including phenoxy) is 1. The summed E-state index contributed by atoms with van der Waals surface area (Å²) < 4.78 is 4.94. The van der Waals surface area contributed by atoms with Crippen molar-refractivity contribution >= 4 is 30.8 Å². The fourth-order valence-electron chi connectivity index (χ4n) is 0.519. The maximum Gasteiger partial charge on any atom is 0.320 e. The molecule has 5 nitrogen and oxygen atoms in total. The van der Waals surface area contributed by atoms with E-state index >= 15 is 0 Å². The standard InChI is InChI=1S/C6H14N2O3.2ClH/c7-2-4-11-3-1-5(8)6(9)10;;/h5H,1-4,7-8H2,(H,9,10);2*1H. The van der Waals surface area contributed by atoms with Crippen LogP contribution < -0.4 is 11.5 Å².